The van der Waals surface area contributed by atoms with Gasteiger partial charge in [0.05, 0.1) is 5.56 Å². The maximum Gasteiger partial charge on any atom is 0.257 e. The van der Waals surface area contributed by atoms with Crippen molar-refractivity contribution in [2.24, 2.45) is 11.8 Å². The van der Waals surface area contributed by atoms with E-state index in [0.717, 1.165) is 37.8 Å². The van der Waals surface area contributed by atoms with E-state index in [-0.39, 0.29) is 5.91 Å². The van der Waals surface area contributed by atoms with Crippen molar-refractivity contribution in [1.82, 2.24) is 24.4 Å². The Morgan fingerprint density at radius 3 is 2.46 bits per heavy atom. The van der Waals surface area contributed by atoms with Crippen LogP contribution in [0.5, 0.6) is 0 Å². The minimum Gasteiger partial charge on any atom is -0.339 e. The fourth-order valence-electron chi connectivity index (χ4n) is 4.26. The predicted octanol–water partition coefficient (Wildman–Crippen LogP) is 1.92. The fraction of sp³-hybridized carbons (Fsp3) is 0.611. The zero-order valence-electron chi connectivity index (χ0n) is 14.3. The van der Waals surface area contributed by atoms with Crippen molar-refractivity contribution in [1.29, 1.82) is 0 Å². The summed E-state index contributed by atoms with van der Waals surface area (Å²) in [6.07, 6.45) is 8.41. The molecule has 4 heterocycles. The second-order valence-corrected chi connectivity index (χ2v) is 7.25. The Labute approximate surface area is 142 Å². The number of pyridine rings is 1. The summed E-state index contributed by atoms with van der Waals surface area (Å²) in [7, 11) is 2.21. The Kier molecular flexibility index (Phi) is 4.22. The van der Waals surface area contributed by atoms with Crippen molar-refractivity contribution in [2.75, 3.05) is 33.2 Å². The van der Waals surface area contributed by atoms with Gasteiger partial charge in [-0.25, -0.2) is 0 Å². The van der Waals surface area contributed by atoms with Crippen LogP contribution in [-0.4, -0.2) is 63.5 Å². The zero-order chi connectivity index (χ0) is 16.5. The molecule has 0 aromatic carbocycles. The van der Waals surface area contributed by atoms with Gasteiger partial charge in [0.1, 0.15) is 6.33 Å². The lowest BCUT2D eigenvalue weighted by Gasteiger charge is -2.39. The molecular formula is C18H25N5O. The highest BCUT2D eigenvalue weighted by atomic mass is 16.2. The molecule has 0 N–H and O–H groups in total. The Hall–Kier alpha value is -1.95. The molecule has 0 bridgehead atoms. The molecule has 2 aromatic heterocycles. The summed E-state index contributed by atoms with van der Waals surface area (Å²) in [6, 6.07) is 3.74. The number of piperidine rings is 2. The zero-order valence-corrected chi connectivity index (χ0v) is 14.3. The molecular weight excluding hydrogens is 302 g/mol. The molecule has 6 nitrogen and oxygen atoms in total. The van der Waals surface area contributed by atoms with Gasteiger partial charge in [-0.15, -0.1) is 10.2 Å². The summed E-state index contributed by atoms with van der Waals surface area (Å²) in [6.45, 7) is 4.17. The van der Waals surface area contributed by atoms with Crippen LogP contribution in [0.25, 0.3) is 5.65 Å². The maximum atomic E-state index is 12.9. The third-order valence-electron chi connectivity index (χ3n) is 5.81. The number of amides is 1. The SMILES string of the molecule is CN1CCC(C2CCN(C(=O)c3cccn4cnnc34)CC2)CC1. The molecule has 0 unspecified atom stereocenters. The quantitative estimate of drug-likeness (QED) is 0.846. The molecule has 24 heavy (non-hydrogen) atoms. The second-order valence-electron chi connectivity index (χ2n) is 7.25. The first-order valence-corrected chi connectivity index (χ1v) is 8.98. The lowest BCUT2D eigenvalue weighted by molar-refractivity contribution is 0.0617. The van der Waals surface area contributed by atoms with Crippen molar-refractivity contribution < 1.29 is 4.79 Å². The van der Waals surface area contributed by atoms with Crippen LogP contribution in [0, 0.1) is 11.8 Å². The highest BCUT2D eigenvalue weighted by Crippen LogP contribution is 2.32. The van der Waals surface area contributed by atoms with Gasteiger partial charge in [-0.1, -0.05) is 0 Å². The first-order chi connectivity index (χ1) is 11.7. The highest BCUT2D eigenvalue weighted by molar-refractivity contribution is 5.99. The average molecular weight is 327 g/mol. The summed E-state index contributed by atoms with van der Waals surface area (Å²) in [4.78, 5) is 17.3. The number of nitrogens with zero attached hydrogens (tertiary/aromatic N) is 5. The van der Waals surface area contributed by atoms with Gasteiger partial charge in [0.15, 0.2) is 5.65 Å². The van der Waals surface area contributed by atoms with E-state index in [0.29, 0.717) is 11.2 Å². The van der Waals surface area contributed by atoms with Crippen LogP contribution in [0.4, 0.5) is 0 Å². The van der Waals surface area contributed by atoms with Gasteiger partial charge in [0.25, 0.3) is 5.91 Å². The first kappa shape index (κ1) is 15.6. The molecule has 0 radical (unpaired) electrons. The molecule has 2 fully saturated rings. The number of rotatable bonds is 2. The van der Waals surface area contributed by atoms with Crippen LogP contribution in [0.1, 0.15) is 36.0 Å². The molecule has 2 saturated heterocycles. The summed E-state index contributed by atoms with van der Waals surface area (Å²) < 4.78 is 1.80. The number of fused-ring (bicyclic) bond motifs is 1. The smallest absolute Gasteiger partial charge is 0.257 e. The van der Waals surface area contributed by atoms with E-state index in [1.54, 1.807) is 10.7 Å². The van der Waals surface area contributed by atoms with Gasteiger partial charge in [-0.3, -0.25) is 9.20 Å². The van der Waals surface area contributed by atoms with Crippen LogP contribution in [0.3, 0.4) is 0 Å². The third kappa shape index (κ3) is 2.90. The summed E-state index contributed by atoms with van der Waals surface area (Å²) in [5.41, 5.74) is 1.31. The molecule has 0 atom stereocenters. The van der Waals surface area contributed by atoms with E-state index in [4.69, 9.17) is 0 Å². The van der Waals surface area contributed by atoms with Gasteiger partial charge < -0.3 is 9.80 Å². The molecule has 0 saturated carbocycles. The van der Waals surface area contributed by atoms with Crippen LogP contribution < -0.4 is 0 Å². The van der Waals surface area contributed by atoms with Gasteiger partial charge >= 0.3 is 0 Å². The second kappa shape index (κ2) is 6.51. The van der Waals surface area contributed by atoms with Gasteiger partial charge in [-0.05, 0) is 69.8 Å². The lowest BCUT2D eigenvalue weighted by atomic mass is 9.79. The van der Waals surface area contributed by atoms with E-state index in [1.165, 1.54) is 25.9 Å². The van der Waals surface area contributed by atoms with Crippen LogP contribution in [-0.2, 0) is 0 Å². The van der Waals surface area contributed by atoms with Gasteiger partial charge in [0.2, 0.25) is 0 Å². The standard InChI is InChI=1S/C18H25N5O/c1-21-9-4-14(5-10-21)15-6-11-22(12-7-15)18(24)16-3-2-8-23-13-19-20-17(16)23/h2-3,8,13-15H,4-7,9-12H2,1H3. The average Bonchev–Trinajstić information content (AvgIpc) is 3.11. The Morgan fingerprint density at radius 2 is 1.75 bits per heavy atom. The van der Waals surface area contributed by atoms with E-state index in [9.17, 15) is 4.79 Å². The Morgan fingerprint density at radius 1 is 1.08 bits per heavy atom. The van der Waals surface area contributed by atoms with Crippen molar-refractivity contribution in [3.05, 3.63) is 30.2 Å². The van der Waals surface area contributed by atoms with Gasteiger partial charge in [-0.2, -0.15) is 0 Å². The minimum absolute atomic E-state index is 0.0930. The number of hydrogen-bond donors (Lipinski definition) is 0. The third-order valence-corrected chi connectivity index (χ3v) is 5.81. The maximum absolute atomic E-state index is 12.9. The van der Waals surface area contributed by atoms with Crippen LogP contribution in [0.15, 0.2) is 24.7 Å². The molecule has 2 aliphatic heterocycles. The van der Waals surface area contributed by atoms with E-state index >= 15 is 0 Å². The fourth-order valence-corrected chi connectivity index (χ4v) is 4.26. The largest absolute Gasteiger partial charge is 0.339 e. The van der Waals surface area contributed by atoms with Crippen molar-refractivity contribution >= 4 is 11.6 Å². The number of carbonyl (C=O) groups excluding carboxylic acids is 1. The van der Waals surface area contributed by atoms with E-state index < -0.39 is 0 Å². The monoisotopic (exact) mass is 327 g/mol. The number of carbonyl (C=O) groups is 1. The predicted molar refractivity (Wildman–Crippen MR) is 91.8 cm³/mol. The van der Waals surface area contributed by atoms with Gasteiger partial charge in [0, 0.05) is 19.3 Å². The first-order valence-electron chi connectivity index (χ1n) is 8.98. The summed E-state index contributed by atoms with van der Waals surface area (Å²) in [5, 5.41) is 8.00. The molecule has 128 valence electrons. The summed E-state index contributed by atoms with van der Waals surface area (Å²) >= 11 is 0. The minimum atomic E-state index is 0.0930. The van der Waals surface area contributed by atoms with E-state index in [2.05, 4.69) is 22.1 Å². The molecule has 0 spiro atoms. The molecule has 2 aliphatic rings. The molecule has 2 aromatic rings. The topological polar surface area (TPSA) is 53.7 Å². The molecule has 4 rings (SSSR count). The van der Waals surface area contributed by atoms with E-state index in [1.807, 2.05) is 23.2 Å². The van der Waals surface area contributed by atoms with Crippen molar-refractivity contribution in [3.63, 3.8) is 0 Å². The molecule has 1 amide bonds. The van der Waals surface area contributed by atoms with Crippen LogP contribution >= 0.6 is 0 Å². The van der Waals surface area contributed by atoms with Crippen molar-refractivity contribution in [2.45, 2.75) is 25.7 Å². The number of aromatic nitrogens is 3. The van der Waals surface area contributed by atoms with Crippen LogP contribution in [0.2, 0.25) is 0 Å². The number of likely N-dealkylation sites (tertiary alicyclic amines) is 2. The lowest BCUT2D eigenvalue weighted by Crippen LogP contribution is -2.42. The molecule has 0 aliphatic carbocycles. The highest BCUT2D eigenvalue weighted by Gasteiger charge is 2.31. The number of hydrogen-bond acceptors (Lipinski definition) is 4. The normalized spacial score (nSPS) is 21.5. The molecule has 6 heteroatoms. The Bertz CT molecular complexity index is 711. The Balaban J connectivity index is 1.40. The summed E-state index contributed by atoms with van der Waals surface area (Å²) in [5.74, 6) is 1.72. The van der Waals surface area contributed by atoms with Crippen molar-refractivity contribution in [3.8, 4) is 0 Å².